The molecule has 0 aliphatic carbocycles. The highest BCUT2D eigenvalue weighted by Crippen LogP contribution is 2.33. The summed E-state index contributed by atoms with van der Waals surface area (Å²) in [5.41, 5.74) is 3.50. The highest BCUT2D eigenvalue weighted by Gasteiger charge is 2.16. The molecule has 2 amide bonds. The normalized spacial score (nSPS) is 10.6. The number of methoxy groups -OCH3 is 2. The molecule has 172 valence electrons. The number of para-hydroxylation sites is 1. The second-order valence-electron chi connectivity index (χ2n) is 7.47. The topological polar surface area (TPSA) is 89.6 Å². The number of hydrogen-bond donors (Lipinski definition) is 2. The van der Waals surface area contributed by atoms with Gasteiger partial charge < -0.3 is 20.1 Å². The van der Waals surface area contributed by atoms with Gasteiger partial charge in [-0.2, -0.15) is 0 Å². The Morgan fingerprint density at radius 3 is 2.35 bits per heavy atom. The van der Waals surface area contributed by atoms with E-state index in [1.807, 2.05) is 36.4 Å². The molecule has 34 heavy (non-hydrogen) atoms. The van der Waals surface area contributed by atoms with E-state index >= 15 is 0 Å². The van der Waals surface area contributed by atoms with Gasteiger partial charge in [-0.25, -0.2) is 4.98 Å². The lowest BCUT2D eigenvalue weighted by atomic mass is 10.0. The molecule has 0 bridgehead atoms. The van der Waals surface area contributed by atoms with Crippen LogP contribution in [0.15, 0.2) is 66.7 Å². The maximum Gasteiger partial charge on any atom is 0.256 e. The first kappa shape index (κ1) is 23.1. The first-order chi connectivity index (χ1) is 16.4. The summed E-state index contributed by atoms with van der Waals surface area (Å²) in [5, 5.41) is 6.56. The summed E-state index contributed by atoms with van der Waals surface area (Å²) in [6, 6.07) is 19.5. The van der Waals surface area contributed by atoms with E-state index in [0.29, 0.717) is 50.1 Å². The smallest absolute Gasteiger partial charge is 0.256 e. The van der Waals surface area contributed by atoms with Crippen LogP contribution < -0.4 is 20.1 Å². The minimum Gasteiger partial charge on any atom is -0.493 e. The van der Waals surface area contributed by atoms with Gasteiger partial charge in [0.2, 0.25) is 5.91 Å². The lowest BCUT2D eigenvalue weighted by Gasteiger charge is -2.13. The quantitative estimate of drug-likeness (QED) is 0.369. The second kappa shape index (κ2) is 9.80. The van der Waals surface area contributed by atoms with Crippen molar-refractivity contribution < 1.29 is 19.1 Å². The average Bonchev–Trinajstić information content (AvgIpc) is 2.84. The average molecular weight is 476 g/mol. The fourth-order valence-corrected chi connectivity index (χ4v) is 3.82. The van der Waals surface area contributed by atoms with Crippen LogP contribution in [0.3, 0.4) is 0 Å². The molecule has 0 aliphatic rings. The van der Waals surface area contributed by atoms with Crippen LogP contribution in [0.1, 0.15) is 17.3 Å². The van der Waals surface area contributed by atoms with Gasteiger partial charge in [-0.3, -0.25) is 9.59 Å². The summed E-state index contributed by atoms with van der Waals surface area (Å²) in [4.78, 5) is 29.4. The Bertz CT molecular complexity index is 1400. The maximum absolute atomic E-state index is 13.3. The molecule has 3 aromatic carbocycles. The number of nitrogens with one attached hydrogen (secondary N) is 2. The predicted octanol–water partition coefficient (Wildman–Crippen LogP) is 5.78. The van der Waals surface area contributed by atoms with Crippen molar-refractivity contribution in [2.24, 2.45) is 0 Å². The molecule has 0 radical (unpaired) electrons. The highest BCUT2D eigenvalue weighted by atomic mass is 35.5. The molecule has 0 spiro atoms. The number of hydrogen-bond acceptors (Lipinski definition) is 5. The lowest BCUT2D eigenvalue weighted by molar-refractivity contribution is -0.114. The monoisotopic (exact) mass is 475 g/mol. The third-order valence-corrected chi connectivity index (χ3v) is 5.49. The number of rotatable bonds is 6. The van der Waals surface area contributed by atoms with Crippen LogP contribution in [0.2, 0.25) is 5.02 Å². The highest BCUT2D eigenvalue weighted by molar-refractivity contribution is 6.34. The van der Waals surface area contributed by atoms with Crippen LogP contribution in [0.4, 0.5) is 11.4 Å². The van der Waals surface area contributed by atoms with E-state index in [2.05, 4.69) is 10.6 Å². The number of ether oxygens (including phenoxy) is 2. The number of aromatic nitrogens is 1. The van der Waals surface area contributed by atoms with Gasteiger partial charge in [0.05, 0.1) is 41.7 Å². The van der Waals surface area contributed by atoms with E-state index < -0.39 is 0 Å². The van der Waals surface area contributed by atoms with E-state index in [0.717, 1.165) is 5.56 Å². The van der Waals surface area contributed by atoms with Gasteiger partial charge in [0, 0.05) is 23.6 Å². The van der Waals surface area contributed by atoms with Crippen LogP contribution >= 0.6 is 11.6 Å². The first-order valence-corrected chi connectivity index (χ1v) is 10.8. The largest absolute Gasteiger partial charge is 0.493 e. The molecular weight excluding hydrogens is 454 g/mol. The van der Waals surface area contributed by atoms with Gasteiger partial charge in [0.1, 0.15) is 0 Å². The molecule has 0 unspecified atom stereocenters. The lowest BCUT2D eigenvalue weighted by Crippen LogP contribution is -2.13. The van der Waals surface area contributed by atoms with Gasteiger partial charge >= 0.3 is 0 Å². The van der Waals surface area contributed by atoms with Gasteiger partial charge in [0.25, 0.3) is 5.91 Å². The number of amides is 2. The number of halogens is 1. The SMILES string of the molecule is COc1ccc(-c2cc(C(=O)Nc3ccc(NC(C)=O)c(Cl)c3)c3ccccc3n2)cc1OC. The number of nitrogens with zero attached hydrogens (tertiary/aromatic N) is 1. The Kier molecular flexibility index (Phi) is 6.65. The van der Waals surface area contributed by atoms with E-state index in [4.69, 9.17) is 26.1 Å². The number of pyridine rings is 1. The third-order valence-electron chi connectivity index (χ3n) is 5.18. The van der Waals surface area contributed by atoms with Crippen molar-refractivity contribution >= 4 is 45.7 Å². The number of anilines is 2. The van der Waals surface area contributed by atoms with Gasteiger partial charge in [0.15, 0.2) is 11.5 Å². The minimum atomic E-state index is -0.316. The predicted molar refractivity (Wildman–Crippen MR) is 134 cm³/mol. The van der Waals surface area contributed by atoms with Gasteiger partial charge in [-0.05, 0) is 48.5 Å². The van der Waals surface area contributed by atoms with Crippen molar-refractivity contribution in [2.45, 2.75) is 6.92 Å². The van der Waals surface area contributed by atoms with Gasteiger partial charge in [-0.1, -0.05) is 29.8 Å². The molecule has 1 heterocycles. The standard InChI is InChI=1S/C26H22ClN3O4/c1-15(31)28-22-10-9-17(13-20(22)27)29-26(32)19-14-23(30-21-7-5-4-6-18(19)21)16-8-11-24(33-2)25(12-16)34-3/h4-14H,1-3H3,(H,28,31)(H,29,32). The zero-order chi connectivity index (χ0) is 24.2. The number of carbonyl (C=O) groups is 2. The van der Waals surface area contributed by atoms with Crippen molar-refractivity contribution in [1.29, 1.82) is 0 Å². The van der Waals surface area contributed by atoms with Crippen LogP contribution in [0.5, 0.6) is 11.5 Å². The molecule has 1 aromatic heterocycles. The summed E-state index contributed by atoms with van der Waals surface area (Å²) in [5.74, 6) is 0.618. The fraction of sp³-hybridized carbons (Fsp3) is 0.115. The van der Waals surface area contributed by atoms with Crippen LogP contribution in [-0.4, -0.2) is 31.0 Å². The number of benzene rings is 3. The third kappa shape index (κ3) is 4.79. The van der Waals surface area contributed by atoms with Crippen molar-refractivity contribution in [3.8, 4) is 22.8 Å². The van der Waals surface area contributed by atoms with Crippen molar-refractivity contribution in [2.75, 3.05) is 24.9 Å². The van der Waals surface area contributed by atoms with Crippen LogP contribution in [-0.2, 0) is 4.79 Å². The molecule has 4 rings (SSSR count). The fourth-order valence-electron chi connectivity index (χ4n) is 3.59. The second-order valence-corrected chi connectivity index (χ2v) is 7.88. The molecule has 0 saturated carbocycles. The molecule has 0 atom stereocenters. The van der Waals surface area contributed by atoms with E-state index in [9.17, 15) is 9.59 Å². The van der Waals surface area contributed by atoms with E-state index in [-0.39, 0.29) is 11.8 Å². The first-order valence-electron chi connectivity index (χ1n) is 10.4. The maximum atomic E-state index is 13.3. The van der Waals surface area contributed by atoms with Crippen LogP contribution in [0.25, 0.3) is 22.2 Å². The Morgan fingerprint density at radius 1 is 0.882 bits per heavy atom. The molecule has 4 aromatic rings. The molecule has 0 saturated heterocycles. The minimum absolute atomic E-state index is 0.232. The Balaban J connectivity index is 1.73. The van der Waals surface area contributed by atoms with Crippen molar-refractivity contribution in [3.05, 3.63) is 77.3 Å². The Morgan fingerprint density at radius 2 is 1.65 bits per heavy atom. The Hall–Kier alpha value is -4.10. The van der Waals surface area contributed by atoms with E-state index in [1.165, 1.54) is 6.92 Å². The van der Waals surface area contributed by atoms with E-state index in [1.54, 1.807) is 44.6 Å². The summed E-state index contributed by atoms with van der Waals surface area (Å²) in [6.45, 7) is 1.40. The Labute approximate surface area is 201 Å². The molecule has 0 fully saturated rings. The molecule has 7 nitrogen and oxygen atoms in total. The molecular formula is C26H22ClN3O4. The molecule has 8 heteroatoms. The van der Waals surface area contributed by atoms with Crippen molar-refractivity contribution in [3.63, 3.8) is 0 Å². The molecule has 0 aliphatic heterocycles. The van der Waals surface area contributed by atoms with Crippen LogP contribution in [0, 0.1) is 0 Å². The number of fused-ring (bicyclic) bond motifs is 1. The number of carbonyl (C=O) groups excluding carboxylic acids is 2. The summed E-state index contributed by atoms with van der Waals surface area (Å²) >= 11 is 6.26. The van der Waals surface area contributed by atoms with Gasteiger partial charge in [-0.15, -0.1) is 0 Å². The summed E-state index contributed by atoms with van der Waals surface area (Å²) in [7, 11) is 3.14. The van der Waals surface area contributed by atoms with Crippen molar-refractivity contribution in [1.82, 2.24) is 4.98 Å². The summed E-state index contributed by atoms with van der Waals surface area (Å²) in [6.07, 6.45) is 0. The zero-order valence-electron chi connectivity index (χ0n) is 18.8. The zero-order valence-corrected chi connectivity index (χ0v) is 19.6. The summed E-state index contributed by atoms with van der Waals surface area (Å²) < 4.78 is 10.7. The molecule has 2 N–H and O–H groups in total.